The number of pyridine rings is 1. The van der Waals surface area contributed by atoms with Crippen molar-refractivity contribution in [1.29, 1.82) is 0 Å². The molecule has 2 rings (SSSR count). The molecule has 1 unspecified atom stereocenters. The third-order valence-corrected chi connectivity index (χ3v) is 3.48. The van der Waals surface area contributed by atoms with Crippen LogP contribution in [0.2, 0.25) is 5.15 Å². The van der Waals surface area contributed by atoms with Crippen LogP contribution in [-0.4, -0.2) is 9.81 Å². The Bertz CT molecular complexity index is 363. The Hall–Kier alpha value is -0.0800. The molecule has 0 bridgehead atoms. The minimum Gasteiger partial charge on any atom is -0.241 e. The largest absolute Gasteiger partial charge is 0.241 e. The predicted octanol–water partition coefficient (Wildman–Crippen LogP) is 3.94. The molecule has 0 saturated heterocycles. The molecule has 0 saturated carbocycles. The fraction of sp³-hybridized carbons (Fsp3) is 0.583. The zero-order valence-corrected chi connectivity index (χ0v) is 11.2. The first-order valence-corrected chi connectivity index (χ1v) is 6.77. The summed E-state index contributed by atoms with van der Waals surface area (Å²) in [6.45, 7) is 2.13. The van der Waals surface area contributed by atoms with Crippen LogP contribution in [0.15, 0.2) is 6.07 Å². The van der Waals surface area contributed by atoms with Crippen LogP contribution >= 0.6 is 27.5 Å². The first kappa shape index (κ1) is 11.4. The van der Waals surface area contributed by atoms with Gasteiger partial charge in [-0.25, -0.2) is 4.98 Å². The monoisotopic (exact) mass is 287 g/mol. The van der Waals surface area contributed by atoms with Gasteiger partial charge in [0.1, 0.15) is 5.15 Å². The summed E-state index contributed by atoms with van der Waals surface area (Å²) in [4.78, 5) is 4.97. The van der Waals surface area contributed by atoms with Crippen LogP contribution < -0.4 is 0 Å². The molecule has 1 aliphatic rings. The number of fused-ring (bicyclic) bond motifs is 1. The van der Waals surface area contributed by atoms with Crippen molar-refractivity contribution in [3.8, 4) is 0 Å². The van der Waals surface area contributed by atoms with E-state index in [2.05, 4.69) is 33.9 Å². The molecule has 0 amide bonds. The van der Waals surface area contributed by atoms with Crippen LogP contribution in [0, 0.1) is 0 Å². The highest BCUT2D eigenvalue weighted by molar-refractivity contribution is 9.09. The summed E-state index contributed by atoms with van der Waals surface area (Å²) in [6, 6.07) is 2.25. The van der Waals surface area contributed by atoms with E-state index in [9.17, 15) is 0 Å². The lowest BCUT2D eigenvalue weighted by Gasteiger charge is -2.17. The molecule has 0 N–H and O–H groups in total. The Balaban J connectivity index is 2.32. The number of hydrogen-bond donors (Lipinski definition) is 0. The second kappa shape index (κ2) is 4.84. The second-order valence-electron chi connectivity index (χ2n) is 4.24. The van der Waals surface area contributed by atoms with E-state index in [0.717, 1.165) is 12.8 Å². The zero-order valence-electron chi connectivity index (χ0n) is 8.89. The first-order valence-electron chi connectivity index (χ1n) is 5.48. The summed E-state index contributed by atoms with van der Waals surface area (Å²) in [5.41, 5.74) is 3.81. The molecule has 0 aromatic carbocycles. The average Bonchev–Trinajstić information content (AvgIpc) is 2.18. The van der Waals surface area contributed by atoms with E-state index in [4.69, 9.17) is 11.6 Å². The summed E-state index contributed by atoms with van der Waals surface area (Å²) in [6.07, 6.45) is 5.77. The molecule has 1 aliphatic carbocycles. The average molecular weight is 289 g/mol. The summed E-state index contributed by atoms with van der Waals surface area (Å²) >= 11 is 9.73. The first-order chi connectivity index (χ1) is 7.16. The lowest BCUT2D eigenvalue weighted by molar-refractivity contribution is 0.665. The molecular weight excluding hydrogens is 273 g/mol. The molecule has 3 heteroatoms. The van der Waals surface area contributed by atoms with Crippen molar-refractivity contribution >= 4 is 27.5 Å². The SMILES string of the molecule is CC(Br)Cc1cc2c(nc1Cl)CCCC2. The van der Waals surface area contributed by atoms with Gasteiger partial charge in [-0.15, -0.1) is 0 Å². The Morgan fingerprint density at radius 2 is 2.20 bits per heavy atom. The second-order valence-corrected chi connectivity index (χ2v) is 6.16. The molecule has 0 aliphatic heterocycles. The van der Waals surface area contributed by atoms with Crippen LogP contribution in [0.5, 0.6) is 0 Å². The molecule has 0 fully saturated rings. The molecule has 1 nitrogen and oxygen atoms in total. The van der Waals surface area contributed by atoms with Gasteiger partial charge in [0, 0.05) is 10.5 Å². The highest BCUT2D eigenvalue weighted by atomic mass is 79.9. The van der Waals surface area contributed by atoms with E-state index in [-0.39, 0.29) is 0 Å². The molecule has 0 spiro atoms. The summed E-state index contributed by atoms with van der Waals surface area (Å²) in [5.74, 6) is 0. The van der Waals surface area contributed by atoms with E-state index < -0.39 is 0 Å². The smallest absolute Gasteiger partial charge is 0.132 e. The lowest BCUT2D eigenvalue weighted by atomic mass is 9.94. The quantitative estimate of drug-likeness (QED) is 0.593. The number of rotatable bonds is 2. The van der Waals surface area contributed by atoms with Gasteiger partial charge in [-0.2, -0.15) is 0 Å². The molecule has 1 aromatic heterocycles. The van der Waals surface area contributed by atoms with Gasteiger partial charge in [-0.05, 0) is 43.2 Å². The standard InChI is InChI=1S/C12H15BrClN/c1-8(13)6-10-7-9-4-2-3-5-11(9)15-12(10)14/h7-8H,2-6H2,1H3. The number of nitrogens with zero attached hydrogens (tertiary/aromatic N) is 1. The van der Waals surface area contributed by atoms with Gasteiger partial charge < -0.3 is 0 Å². The molecule has 1 aromatic rings. The predicted molar refractivity (Wildman–Crippen MR) is 68.0 cm³/mol. The Morgan fingerprint density at radius 1 is 1.47 bits per heavy atom. The van der Waals surface area contributed by atoms with Crippen LogP contribution in [0.3, 0.4) is 0 Å². The maximum Gasteiger partial charge on any atom is 0.132 e. The number of alkyl halides is 1. The Kier molecular flexibility index (Phi) is 3.68. The number of halogens is 2. The van der Waals surface area contributed by atoms with E-state index in [1.54, 1.807) is 0 Å². The summed E-state index contributed by atoms with van der Waals surface area (Å²) in [7, 11) is 0. The van der Waals surface area contributed by atoms with Gasteiger partial charge in [0.25, 0.3) is 0 Å². The maximum absolute atomic E-state index is 6.17. The van der Waals surface area contributed by atoms with Crippen molar-refractivity contribution < 1.29 is 0 Å². The third kappa shape index (κ3) is 2.73. The van der Waals surface area contributed by atoms with Crippen molar-refractivity contribution in [1.82, 2.24) is 4.98 Å². The molecule has 82 valence electrons. The van der Waals surface area contributed by atoms with Crippen molar-refractivity contribution in [2.45, 2.75) is 43.9 Å². The normalized spacial score (nSPS) is 17.3. The highest BCUT2D eigenvalue weighted by Gasteiger charge is 2.14. The molecule has 0 radical (unpaired) electrons. The molecule has 15 heavy (non-hydrogen) atoms. The van der Waals surface area contributed by atoms with Crippen molar-refractivity contribution in [3.63, 3.8) is 0 Å². The van der Waals surface area contributed by atoms with Gasteiger partial charge in [0.05, 0.1) is 0 Å². The van der Waals surface area contributed by atoms with Crippen LogP contribution in [0.25, 0.3) is 0 Å². The fourth-order valence-corrected chi connectivity index (χ4v) is 2.68. The van der Waals surface area contributed by atoms with E-state index in [1.165, 1.54) is 36.1 Å². The van der Waals surface area contributed by atoms with Crippen molar-refractivity contribution in [2.24, 2.45) is 0 Å². The number of hydrogen-bond acceptors (Lipinski definition) is 1. The van der Waals surface area contributed by atoms with E-state index in [1.807, 2.05) is 0 Å². The van der Waals surface area contributed by atoms with Gasteiger partial charge >= 0.3 is 0 Å². The van der Waals surface area contributed by atoms with Crippen molar-refractivity contribution in [3.05, 3.63) is 28.0 Å². The van der Waals surface area contributed by atoms with Gasteiger partial charge in [-0.1, -0.05) is 40.5 Å². The minimum atomic E-state index is 0.457. The number of aryl methyl sites for hydroxylation is 2. The zero-order chi connectivity index (χ0) is 10.8. The summed E-state index contributed by atoms with van der Waals surface area (Å²) < 4.78 is 0. The van der Waals surface area contributed by atoms with Gasteiger partial charge in [-0.3, -0.25) is 0 Å². The minimum absolute atomic E-state index is 0.457. The summed E-state index contributed by atoms with van der Waals surface area (Å²) in [5, 5.41) is 0.696. The molecule has 1 heterocycles. The van der Waals surface area contributed by atoms with Gasteiger partial charge in [0.15, 0.2) is 0 Å². The Labute approximate surface area is 104 Å². The molecular formula is C12H15BrClN. The third-order valence-electron chi connectivity index (χ3n) is 2.83. The number of aromatic nitrogens is 1. The van der Waals surface area contributed by atoms with Crippen molar-refractivity contribution in [2.75, 3.05) is 0 Å². The van der Waals surface area contributed by atoms with Crippen LogP contribution in [0.4, 0.5) is 0 Å². The van der Waals surface area contributed by atoms with Gasteiger partial charge in [0.2, 0.25) is 0 Å². The van der Waals surface area contributed by atoms with E-state index in [0.29, 0.717) is 9.98 Å². The fourth-order valence-electron chi connectivity index (χ4n) is 2.10. The van der Waals surface area contributed by atoms with Crippen LogP contribution in [-0.2, 0) is 19.3 Å². The van der Waals surface area contributed by atoms with Crippen LogP contribution in [0.1, 0.15) is 36.6 Å². The molecule has 1 atom stereocenters. The lowest BCUT2D eigenvalue weighted by Crippen LogP contribution is -2.08. The Morgan fingerprint density at radius 3 is 2.93 bits per heavy atom. The topological polar surface area (TPSA) is 12.9 Å². The maximum atomic E-state index is 6.17. The highest BCUT2D eigenvalue weighted by Crippen LogP contribution is 2.26. The van der Waals surface area contributed by atoms with E-state index >= 15 is 0 Å².